The number of nitrogens with one attached hydrogen (secondary N) is 2. The van der Waals surface area contributed by atoms with Crippen molar-refractivity contribution in [3.63, 3.8) is 0 Å². The van der Waals surface area contributed by atoms with E-state index < -0.39 is 11.9 Å². The predicted octanol–water partition coefficient (Wildman–Crippen LogP) is 2.41. The second-order valence-electron chi connectivity index (χ2n) is 5.58. The van der Waals surface area contributed by atoms with Gasteiger partial charge in [0, 0.05) is 10.9 Å². The Hall–Kier alpha value is -2.03. The van der Waals surface area contributed by atoms with Gasteiger partial charge < -0.3 is 16.4 Å². The lowest BCUT2D eigenvalue weighted by atomic mass is 10.1. The molecule has 0 aliphatic rings. The molecular formula is C16H20ClFN4O2S. The lowest BCUT2D eigenvalue weighted by Crippen LogP contribution is -2.46. The minimum Gasteiger partial charge on any atom is -0.346 e. The van der Waals surface area contributed by atoms with Crippen molar-refractivity contribution in [2.24, 2.45) is 11.7 Å². The van der Waals surface area contributed by atoms with Gasteiger partial charge >= 0.3 is 0 Å². The standard InChI is InChI=1S/C16H19FN4O2S.ClH/c1-9(2)14(18)15(23)19-7-13(22)21-16-20-12(8-24-16)10-4-3-5-11(17)6-10;/h3-6,8-9,14H,7,18H2,1-2H3,(H,19,23)(H,20,21,22);1H/t14-;/m0./s1. The molecule has 9 heteroatoms. The summed E-state index contributed by atoms with van der Waals surface area (Å²) in [7, 11) is 0. The molecule has 0 aliphatic heterocycles. The highest BCUT2D eigenvalue weighted by Crippen LogP contribution is 2.25. The predicted molar refractivity (Wildman–Crippen MR) is 99.2 cm³/mol. The molecule has 0 spiro atoms. The third kappa shape index (κ3) is 6.08. The molecule has 0 aliphatic carbocycles. The Morgan fingerprint density at radius 2 is 2.08 bits per heavy atom. The van der Waals surface area contributed by atoms with Crippen molar-refractivity contribution < 1.29 is 14.0 Å². The van der Waals surface area contributed by atoms with Crippen molar-refractivity contribution in [2.75, 3.05) is 11.9 Å². The van der Waals surface area contributed by atoms with Crippen LogP contribution in [-0.2, 0) is 9.59 Å². The fourth-order valence-corrected chi connectivity index (χ4v) is 2.60. The van der Waals surface area contributed by atoms with Crippen LogP contribution in [0.1, 0.15) is 13.8 Å². The molecule has 1 heterocycles. The van der Waals surface area contributed by atoms with Crippen LogP contribution in [0.2, 0.25) is 0 Å². The first kappa shape index (κ1) is 21.0. The van der Waals surface area contributed by atoms with Gasteiger partial charge in [-0.25, -0.2) is 9.37 Å². The molecule has 1 atom stereocenters. The van der Waals surface area contributed by atoms with E-state index in [2.05, 4.69) is 15.6 Å². The van der Waals surface area contributed by atoms with E-state index in [9.17, 15) is 14.0 Å². The molecule has 2 amide bonds. The van der Waals surface area contributed by atoms with Crippen molar-refractivity contribution in [1.29, 1.82) is 0 Å². The fraction of sp³-hybridized carbons (Fsp3) is 0.312. The first-order chi connectivity index (χ1) is 11.4. The second-order valence-corrected chi connectivity index (χ2v) is 6.44. The van der Waals surface area contributed by atoms with E-state index in [0.717, 1.165) is 0 Å². The largest absolute Gasteiger partial charge is 0.346 e. The monoisotopic (exact) mass is 386 g/mol. The Morgan fingerprint density at radius 1 is 1.36 bits per heavy atom. The molecule has 25 heavy (non-hydrogen) atoms. The first-order valence-electron chi connectivity index (χ1n) is 7.41. The van der Waals surface area contributed by atoms with E-state index in [1.54, 1.807) is 17.5 Å². The number of benzene rings is 1. The Labute approximate surface area is 155 Å². The van der Waals surface area contributed by atoms with Crippen LogP contribution in [0, 0.1) is 11.7 Å². The van der Waals surface area contributed by atoms with Crippen molar-refractivity contribution in [2.45, 2.75) is 19.9 Å². The number of anilines is 1. The van der Waals surface area contributed by atoms with Gasteiger partial charge in [-0.05, 0) is 18.1 Å². The molecule has 0 radical (unpaired) electrons. The van der Waals surface area contributed by atoms with Gasteiger partial charge in [-0.15, -0.1) is 23.7 Å². The number of rotatable bonds is 6. The number of aromatic nitrogens is 1. The molecule has 2 rings (SSSR count). The van der Waals surface area contributed by atoms with Crippen LogP contribution in [0.4, 0.5) is 9.52 Å². The van der Waals surface area contributed by atoms with Gasteiger partial charge in [0.15, 0.2) is 5.13 Å². The summed E-state index contributed by atoms with van der Waals surface area (Å²) in [5.41, 5.74) is 6.89. The normalized spacial score (nSPS) is 11.6. The number of carbonyl (C=O) groups is 2. The molecule has 0 bridgehead atoms. The van der Waals surface area contributed by atoms with Gasteiger partial charge in [0.1, 0.15) is 5.82 Å². The van der Waals surface area contributed by atoms with Crippen LogP contribution in [-0.4, -0.2) is 29.4 Å². The molecule has 2 aromatic rings. The summed E-state index contributed by atoms with van der Waals surface area (Å²) >= 11 is 1.22. The molecule has 0 saturated heterocycles. The van der Waals surface area contributed by atoms with Crippen molar-refractivity contribution in [3.05, 3.63) is 35.5 Å². The number of amides is 2. The fourth-order valence-electron chi connectivity index (χ4n) is 1.86. The van der Waals surface area contributed by atoms with Gasteiger partial charge in [0.05, 0.1) is 18.3 Å². The molecule has 1 aromatic heterocycles. The van der Waals surface area contributed by atoms with E-state index >= 15 is 0 Å². The lowest BCUT2D eigenvalue weighted by Gasteiger charge is -2.14. The van der Waals surface area contributed by atoms with Gasteiger partial charge in [0.2, 0.25) is 11.8 Å². The maximum absolute atomic E-state index is 13.2. The van der Waals surface area contributed by atoms with Gasteiger partial charge in [-0.2, -0.15) is 0 Å². The van der Waals surface area contributed by atoms with Gasteiger partial charge in [-0.1, -0.05) is 26.0 Å². The van der Waals surface area contributed by atoms with Crippen molar-refractivity contribution in [1.82, 2.24) is 10.3 Å². The van der Waals surface area contributed by atoms with Gasteiger partial charge in [-0.3, -0.25) is 9.59 Å². The number of hydrogen-bond donors (Lipinski definition) is 3. The van der Waals surface area contributed by atoms with Crippen LogP contribution in [0.5, 0.6) is 0 Å². The van der Waals surface area contributed by atoms with Crippen LogP contribution in [0.25, 0.3) is 11.3 Å². The Balaban J connectivity index is 0.00000312. The van der Waals surface area contributed by atoms with Crippen molar-refractivity contribution >= 4 is 40.7 Å². The summed E-state index contributed by atoms with van der Waals surface area (Å²) < 4.78 is 13.2. The van der Waals surface area contributed by atoms with Crippen LogP contribution in [0.15, 0.2) is 29.6 Å². The number of carbonyl (C=O) groups excluding carboxylic acids is 2. The first-order valence-corrected chi connectivity index (χ1v) is 8.29. The summed E-state index contributed by atoms with van der Waals surface area (Å²) in [6, 6.07) is 5.39. The Morgan fingerprint density at radius 3 is 2.72 bits per heavy atom. The van der Waals surface area contributed by atoms with E-state index in [1.165, 1.54) is 23.5 Å². The van der Waals surface area contributed by atoms with Gasteiger partial charge in [0.25, 0.3) is 0 Å². The lowest BCUT2D eigenvalue weighted by molar-refractivity contribution is -0.125. The number of halogens is 2. The highest BCUT2D eigenvalue weighted by Gasteiger charge is 2.18. The average Bonchev–Trinajstić information content (AvgIpc) is 3.00. The average molecular weight is 387 g/mol. The quantitative estimate of drug-likeness (QED) is 0.710. The van der Waals surface area contributed by atoms with Crippen molar-refractivity contribution in [3.8, 4) is 11.3 Å². The smallest absolute Gasteiger partial charge is 0.245 e. The third-order valence-corrected chi connectivity index (χ3v) is 4.07. The zero-order valence-electron chi connectivity index (χ0n) is 13.8. The number of hydrogen-bond acceptors (Lipinski definition) is 5. The molecule has 6 nitrogen and oxygen atoms in total. The molecule has 4 N–H and O–H groups in total. The maximum Gasteiger partial charge on any atom is 0.245 e. The number of nitrogens with two attached hydrogens (primary N) is 1. The summed E-state index contributed by atoms with van der Waals surface area (Å²) in [5.74, 6) is -1.14. The van der Waals surface area contributed by atoms with E-state index in [0.29, 0.717) is 16.4 Å². The zero-order chi connectivity index (χ0) is 17.7. The van der Waals surface area contributed by atoms with E-state index in [-0.39, 0.29) is 36.6 Å². The van der Waals surface area contributed by atoms with E-state index in [1.807, 2.05) is 13.8 Å². The molecule has 0 saturated carbocycles. The van der Waals surface area contributed by atoms with E-state index in [4.69, 9.17) is 5.73 Å². The highest BCUT2D eigenvalue weighted by molar-refractivity contribution is 7.14. The maximum atomic E-state index is 13.2. The zero-order valence-corrected chi connectivity index (χ0v) is 15.4. The minimum atomic E-state index is -0.655. The highest BCUT2D eigenvalue weighted by atomic mass is 35.5. The number of thiazole rings is 1. The molecule has 1 aromatic carbocycles. The minimum absolute atomic E-state index is 0. The topological polar surface area (TPSA) is 97.1 Å². The van der Waals surface area contributed by atoms with Crippen LogP contribution < -0.4 is 16.4 Å². The summed E-state index contributed by atoms with van der Waals surface area (Å²) in [6.45, 7) is 3.47. The Bertz CT molecular complexity index is 738. The number of nitrogens with zero attached hydrogens (tertiary/aromatic N) is 1. The second kappa shape index (κ2) is 9.45. The Kier molecular flexibility index (Phi) is 7.95. The summed E-state index contributed by atoms with van der Waals surface area (Å²) in [4.78, 5) is 27.8. The SMILES string of the molecule is CC(C)[C@H](N)C(=O)NCC(=O)Nc1nc(-c2cccc(F)c2)cs1.Cl. The molecule has 0 unspecified atom stereocenters. The summed E-state index contributed by atoms with van der Waals surface area (Å²) in [6.07, 6.45) is 0. The third-order valence-electron chi connectivity index (χ3n) is 3.32. The summed E-state index contributed by atoms with van der Waals surface area (Å²) in [5, 5.41) is 7.17. The van der Waals surface area contributed by atoms with Crippen LogP contribution in [0.3, 0.4) is 0 Å². The van der Waals surface area contributed by atoms with Crippen LogP contribution >= 0.6 is 23.7 Å². The molecule has 0 fully saturated rings. The molecule has 136 valence electrons. The molecular weight excluding hydrogens is 367 g/mol.